The fourth-order valence-electron chi connectivity index (χ4n) is 3.38. The van der Waals surface area contributed by atoms with E-state index in [1.807, 2.05) is 0 Å². The van der Waals surface area contributed by atoms with E-state index in [9.17, 15) is 18.0 Å². The molecule has 2 aliphatic heterocycles. The van der Waals surface area contributed by atoms with Crippen molar-refractivity contribution in [1.82, 2.24) is 15.1 Å². The molecule has 4 rings (SSSR count). The van der Waals surface area contributed by atoms with Crippen molar-refractivity contribution in [3.8, 4) is 17.7 Å². The minimum Gasteiger partial charge on any atom is -0.491 e. The highest BCUT2D eigenvalue weighted by Gasteiger charge is 2.33. The van der Waals surface area contributed by atoms with Crippen LogP contribution in [-0.4, -0.2) is 47.4 Å². The van der Waals surface area contributed by atoms with Gasteiger partial charge in [-0.1, -0.05) is 0 Å². The first-order valence-corrected chi connectivity index (χ1v) is 9.22. The second-order valence-corrected chi connectivity index (χ2v) is 7.00. The highest BCUT2D eigenvalue weighted by Crippen LogP contribution is 2.27. The molecule has 0 radical (unpaired) electrons. The maximum absolute atomic E-state index is 12.6. The van der Waals surface area contributed by atoms with Gasteiger partial charge in [-0.15, -0.1) is 13.2 Å². The Hall–Kier alpha value is -3.26. The Morgan fingerprint density at radius 2 is 2.23 bits per heavy atom. The number of aryl methyl sites for hydroxylation is 1. The summed E-state index contributed by atoms with van der Waals surface area (Å²) in [7, 11) is 0. The first-order chi connectivity index (χ1) is 14.3. The van der Waals surface area contributed by atoms with Crippen molar-refractivity contribution in [2.24, 2.45) is 0 Å². The molecule has 0 saturated heterocycles. The minimum absolute atomic E-state index is 0.0963. The maximum atomic E-state index is 12.6. The number of aromatic nitrogens is 2. The number of nitriles is 1. The largest absolute Gasteiger partial charge is 0.522 e. The summed E-state index contributed by atoms with van der Waals surface area (Å²) >= 11 is 0. The molecule has 0 bridgehead atoms. The van der Waals surface area contributed by atoms with E-state index in [1.165, 1.54) is 10.7 Å². The molecular formula is C19H17F3N4O4. The molecule has 1 aromatic heterocycles. The summed E-state index contributed by atoms with van der Waals surface area (Å²) in [6, 6.07) is 8.26. The molecule has 2 atom stereocenters. The van der Waals surface area contributed by atoms with Gasteiger partial charge in [-0.05, 0) is 30.2 Å². The smallest absolute Gasteiger partial charge is 0.491 e. The molecule has 8 nitrogen and oxygen atoms in total. The van der Waals surface area contributed by atoms with E-state index in [2.05, 4.69) is 21.2 Å². The van der Waals surface area contributed by atoms with Crippen LogP contribution in [0.4, 0.5) is 13.2 Å². The van der Waals surface area contributed by atoms with Crippen LogP contribution < -0.4 is 14.8 Å². The van der Waals surface area contributed by atoms with E-state index in [-0.39, 0.29) is 30.6 Å². The van der Waals surface area contributed by atoms with Crippen LogP contribution in [0.1, 0.15) is 28.0 Å². The number of amides is 1. The normalized spacial score (nSPS) is 20.2. The molecule has 0 saturated carbocycles. The number of hydrogen-bond donors (Lipinski definition) is 1. The van der Waals surface area contributed by atoms with Gasteiger partial charge < -0.3 is 14.8 Å². The zero-order valence-electron chi connectivity index (χ0n) is 15.6. The van der Waals surface area contributed by atoms with Crippen molar-refractivity contribution in [2.45, 2.75) is 37.9 Å². The number of nitrogens with zero attached hydrogens (tertiary/aromatic N) is 3. The van der Waals surface area contributed by atoms with E-state index >= 15 is 0 Å². The first-order valence-electron chi connectivity index (χ1n) is 9.22. The lowest BCUT2D eigenvalue weighted by Crippen LogP contribution is -2.42. The van der Waals surface area contributed by atoms with Crippen molar-refractivity contribution < 1.29 is 32.2 Å². The molecule has 0 spiro atoms. The number of carbonyl (C=O) groups is 1. The maximum Gasteiger partial charge on any atom is 0.522 e. The van der Waals surface area contributed by atoms with E-state index in [4.69, 9.17) is 14.7 Å². The Balaban J connectivity index is 1.37. The van der Waals surface area contributed by atoms with Crippen LogP contribution in [0.5, 0.6) is 11.6 Å². The van der Waals surface area contributed by atoms with Gasteiger partial charge in [-0.3, -0.25) is 9.53 Å². The molecule has 158 valence electrons. The fourth-order valence-corrected chi connectivity index (χ4v) is 3.38. The summed E-state index contributed by atoms with van der Waals surface area (Å²) in [4.78, 5) is 12.6. The standard InChI is InChI=1S/C19H17F3N4O4/c20-19(21,22)29-10-14-3-4-26-17(30-14)7-15(25-26)18(27)24-13-6-12-5-11(8-23)1-2-16(12)28-9-13/h1-2,5,7,13-14H,3-4,6,9-10H2,(H,24,27)/t13-,14-/m1/s1. The predicted octanol–water partition coefficient (Wildman–Crippen LogP) is 2.18. The van der Waals surface area contributed by atoms with E-state index in [0.29, 0.717) is 24.3 Å². The number of benzene rings is 1. The third kappa shape index (κ3) is 4.49. The molecular weight excluding hydrogens is 405 g/mol. The Labute approximate surface area is 169 Å². The van der Waals surface area contributed by atoms with Gasteiger partial charge >= 0.3 is 6.36 Å². The van der Waals surface area contributed by atoms with Gasteiger partial charge in [0.2, 0.25) is 5.88 Å². The van der Waals surface area contributed by atoms with Crippen molar-refractivity contribution in [2.75, 3.05) is 13.2 Å². The summed E-state index contributed by atoms with van der Waals surface area (Å²) < 4.78 is 53.0. The molecule has 2 aromatic rings. The molecule has 1 N–H and O–H groups in total. The van der Waals surface area contributed by atoms with Gasteiger partial charge in [-0.2, -0.15) is 10.4 Å². The Morgan fingerprint density at radius 1 is 1.40 bits per heavy atom. The van der Waals surface area contributed by atoms with Crippen molar-refractivity contribution in [1.29, 1.82) is 5.26 Å². The van der Waals surface area contributed by atoms with Gasteiger partial charge in [0.05, 0.1) is 24.3 Å². The number of fused-ring (bicyclic) bond motifs is 2. The topological polar surface area (TPSA) is 98.4 Å². The van der Waals surface area contributed by atoms with Crippen LogP contribution >= 0.6 is 0 Å². The Bertz CT molecular complexity index is 999. The molecule has 0 fully saturated rings. The lowest BCUT2D eigenvalue weighted by atomic mass is 10.0. The summed E-state index contributed by atoms with van der Waals surface area (Å²) in [6.45, 7) is -0.0450. The van der Waals surface area contributed by atoms with Crippen molar-refractivity contribution in [3.05, 3.63) is 41.1 Å². The highest BCUT2D eigenvalue weighted by molar-refractivity contribution is 5.92. The molecule has 30 heavy (non-hydrogen) atoms. The molecule has 11 heteroatoms. The SMILES string of the molecule is N#Cc1ccc2c(c1)C[C@@H](NC(=O)c1cc3n(n1)CC[C@H](COC(F)(F)F)O3)CO2. The second-order valence-electron chi connectivity index (χ2n) is 7.00. The monoisotopic (exact) mass is 422 g/mol. The number of nitrogens with one attached hydrogen (secondary N) is 1. The van der Waals surface area contributed by atoms with Crippen LogP contribution in [0.15, 0.2) is 24.3 Å². The van der Waals surface area contributed by atoms with Gasteiger partial charge in [0.15, 0.2) is 5.69 Å². The van der Waals surface area contributed by atoms with Gasteiger partial charge in [-0.25, -0.2) is 4.68 Å². The number of alkyl halides is 3. The van der Waals surface area contributed by atoms with Crippen molar-refractivity contribution in [3.63, 3.8) is 0 Å². The predicted molar refractivity (Wildman–Crippen MR) is 94.9 cm³/mol. The lowest BCUT2D eigenvalue weighted by Gasteiger charge is -2.25. The van der Waals surface area contributed by atoms with Crippen molar-refractivity contribution >= 4 is 5.91 Å². The number of rotatable bonds is 4. The first kappa shape index (κ1) is 20.0. The molecule has 1 aromatic carbocycles. The fraction of sp³-hybridized carbons (Fsp3) is 0.421. The third-order valence-electron chi connectivity index (χ3n) is 4.79. The van der Waals surface area contributed by atoms with E-state index in [1.54, 1.807) is 18.2 Å². The molecule has 1 amide bonds. The Kier molecular flexibility index (Phi) is 5.26. The average molecular weight is 422 g/mol. The summed E-state index contributed by atoms with van der Waals surface area (Å²) in [5, 5.41) is 16.0. The third-order valence-corrected chi connectivity index (χ3v) is 4.79. The minimum atomic E-state index is -4.72. The highest BCUT2D eigenvalue weighted by atomic mass is 19.4. The number of carbonyl (C=O) groups excluding carboxylic acids is 1. The van der Waals surface area contributed by atoms with Crippen LogP contribution in [0.3, 0.4) is 0 Å². The molecule has 3 heterocycles. The second kappa shape index (κ2) is 7.87. The zero-order valence-corrected chi connectivity index (χ0v) is 15.6. The average Bonchev–Trinajstić information content (AvgIpc) is 3.15. The quantitative estimate of drug-likeness (QED) is 0.811. The van der Waals surface area contributed by atoms with Gasteiger partial charge in [0, 0.05) is 19.0 Å². The summed E-state index contributed by atoms with van der Waals surface area (Å²) in [5.74, 6) is 0.445. The zero-order chi connectivity index (χ0) is 21.3. The summed E-state index contributed by atoms with van der Waals surface area (Å²) in [6.07, 6.45) is -4.72. The van der Waals surface area contributed by atoms with Crippen LogP contribution in [0, 0.1) is 11.3 Å². The van der Waals surface area contributed by atoms with E-state index < -0.39 is 25.0 Å². The van der Waals surface area contributed by atoms with Crippen LogP contribution in [0.25, 0.3) is 0 Å². The van der Waals surface area contributed by atoms with Crippen LogP contribution in [0.2, 0.25) is 0 Å². The lowest BCUT2D eigenvalue weighted by molar-refractivity contribution is -0.330. The Morgan fingerprint density at radius 3 is 3.00 bits per heavy atom. The summed E-state index contributed by atoms with van der Waals surface area (Å²) in [5.41, 5.74) is 1.43. The van der Waals surface area contributed by atoms with E-state index in [0.717, 1.165) is 5.56 Å². The molecule has 2 aliphatic rings. The van der Waals surface area contributed by atoms with Gasteiger partial charge in [0.1, 0.15) is 18.5 Å². The number of ether oxygens (including phenoxy) is 3. The van der Waals surface area contributed by atoms with Gasteiger partial charge in [0.25, 0.3) is 5.91 Å². The molecule has 0 unspecified atom stereocenters. The number of hydrogen-bond acceptors (Lipinski definition) is 6. The number of halogens is 3. The van der Waals surface area contributed by atoms with Crippen LogP contribution in [-0.2, 0) is 17.7 Å². The molecule has 0 aliphatic carbocycles.